The molecule has 53 heavy (non-hydrogen) atoms. The van der Waals surface area contributed by atoms with Crippen molar-refractivity contribution in [2.24, 2.45) is 17.8 Å². The SMILES string of the molecule is CC[C@@H]1C[C@@H](C)CC/C=C\[C@@H]2C[C@@]2(C(=O)NS(=O)(=O)C2(C)CC2)NC(=O)[C@@H]2C[C@@H](Oc3nc4c(c5ccccc35)OCCC4)CN2C(=O)[C@H]1NC(=O)O. The number of benzene rings is 1. The molecular weight excluding hydrogens is 703 g/mol. The molecule has 1 aromatic heterocycles. The van der Waals surface area contributed by atoms with E-state index in [0.717, 1.165) is 23.9 Å². The third-order valence-electron chi connectivity index (χ3n) is 11.9. The Morgan fingerprint density at radius 2 is 1.92 bits per heavy atom. The molecule has 3 aliphatic heterocycles. The normalized spacial score (nSPS) is 31.6. The summed E-state index contributed by atoms with van der Waals surface area (Å²) in [5.74, 6) is -1.63. The van der Waals surface area contributed by atoms with Crippen molar-refractivity contribution in [3.63, 3.8) is 0 Å². The molecule has 5 aliphatic rings. The molecule has 2 aliphatic carbocycles. The van der Waals surface area contributed by atoms with Gasteiger partial charge in [-0.1, -0.05) is 50.6 Å². The lowest BCUT2D eigenvalue weighted by Gasteiger charge is -2.33. The first-order valence-electron chi connectivity index (χ1n) is 18.8. The molecule has 1 aromatic carbocycles. The first-order chi connectivity index (χ1) is 25.2. The molecule has 4 N–H and O–H groups in total. The van der Waals surface area contributed by atoms with Crippen LogP contribution in [-0.4, -0.2) is 88.8 Å². The summed E-state index contributed by atoms with van der Waals surface area (Å²) in [5.41, 5.74) is -0.778. The minimum absolute atomic E-state index is 0.0305. The number of nitrogens with one attached hydrogen (secondary N) is 3. The van der Waals surface area contributed by atoms with Gasteiger partial charge in [-0.25, -0.2) is 18.2 Å². The van der Waals surface area contributed by atoms with Gasteiger partial charge in [-0.15, -0.1) is 0 Å². The van der Waals surface area contributed by atoms with Gasteiger partial charge in [-0.2, -0.15) is 0 Å². The summed E-state index contributed by atoms with van der Waals surface area (Å²) in [4.78, 5) is 61.2. The molecule has 14 nitrogen and oxygen atoms in total. The second-order valence-electron chi connectivity index (χ2n) is 15.8. The van der Waals surface area contributed by atoms with Gasteiger partial charge in [-0.05, 0) is 76.2 Å². The average Bonchev–Trinajstić information content (AvgIpc) is 4.01. The van der Waals surface area contributed by atoms with Crippen LogP contribution in [-0.2, 0) is 30.8 Å². The van der Waals surface area contributed by atoms with E-state index in [1.807, 2.05) is 43.3 Å². The molecule has 7 atom stereocenters. The largest absolute Gasteiger partial charge is 0.491 e. The van der Waals surface area contributed by atoms with Crippen LogP contribution >= 0.6 is 0 Å². The fraction of sp³-hybridized carbons (Fsp3) is 0.605. The van der Waals surface area contributed by atoms with E-state index >= 15 is 0 Å². The van der Waals surface area contributed by atoms with Crippen LogP contribution in [0, 0.1) is 17.8 Å². The van der Waals surface area contributed by atoms with Crippen LogP contribution < -0.4 is 24.8 Å². The number of aromatic nitrogens is 1. The molecule has 7 rings (SSSR count). The maximum Gasteiger partial charge on any atom is 0.405 e. The molecule has 4 heterocycles. The first kappa shape index (κ1) is 36.9. The number of hydrogen-bond donors (Lipinski definition) is 4. The van der Waals surface area contributed by atoms with Crippen LogP contribution in [0.15, 0.2) is 36.4 Å². The highest BCUT2D eigenvalue weighted by Crippen LogP contribution is 2.48. The standard InChI is InChI=1S/C38H49N5O9S/c1-4-23-18-22(2)10-5-6-11-24-20-38(24,35(46)42-53(49,50)37(3)15-16-37)41-32(44)29-19-25(21-43(29)34(45)30(23)40-36(47)48)52-33-27-13-8-7-12-26(27)31-28(39-33)14-9-17-51-31/h6-8,11-13,22-25,29-30,40H,4-5,9-10,14-21H2,1-3H3,(H,41,44)(H,42,46)(H,47,48)/b11-6-/t22-,23+,24+,25+,29-,30-,38+/m0/s1. The summed E-state index contributed by atoms with van der Waals surface area (Å²) in [7, 11) is -4.00. The van der Waals surface area contributed by atoms with Gasteiger partial charge in [0.15, 0.2) is 0 Å². The Hall–Kier alpha value is -4.40. The van der Waals surface area contributed by atoms with Crippen molar-refractivity contribution < 1.29 is 42.2 Å². The van der Waals surface area contributed by atoms with Gasteiger partial charge in [-0.3, -0.25) is 19.1 Å². The van der Waals surface area contributed by atoms with Gasteiger partial charge >= 0.3 is 6.09 Å². The van der Waals surface area contributed by atoms with E-state index in [2.05, 4.69) is 22.3 Å². The van der Waals surface area contributed by atoms with Crippen LogP contribution in [0.5, 0.6) is 11.6 Å². The predicted molar refractivity (Wildman–Crippen MR) is 195 cm³/mol. The Bertz CT molecular complexity index is 1950. The number of allylic oxidation sites excluding steroid dienone is 1. The molecule has 1 saturated heterocycles. The zero-order valence-corrected chi connectivity index (χ0v) is 31.2. The van der Waals surface area contributed by atoms with E-state index in [-0.39, 0.29) is 31.2 Å². The predicted octanol–water partition coefficient (Wildman–Crippen LogP) is 3.82. The number of nitrogens with zero attached hydrogens (tertiary/aromatic N) is 2. The zero-order chi connectivity index (χ0) is 37.7. The maximum absolute atomic E-state index is 14.6. The highest BCUT2D eigenvalue weighted by molar-refractivity contribution is 7.91. The van der Waals surface area contributed by atoms with Crippen molar-refractivity contribution in [2.45, 2.75) is 113 Å². The van der Waals surface area contributed by atoms with Gasteiger partial charge < -0.3 is 30.1 Å². The molecule has 0 radical (unpaired) electrons. The van der Waals surface area contributed by atoms with E-state index in [1.165, 1.54) is 4.90 Å². The van der Waals surface area contributed by atoms with Crippen LogP contribution in [0.4, 0.5) is 4.79 Å². The van der Waals surface area contributed by atoms with Gasteiger partial charge in [0.05, 0.1) is 23.6 Å². The zero-order valence-electron chi connectivity index (χ0n) is 30.4. The lowest BCUT2D eigenvalue weighted by molar-refractivity contribution is -0.142. The van der Waals surface area contributed by atoms with E-state index in [4.69, 9.17) is 14.5 Å². The summed E-state index contributed by atoms with van der Waals surface area (Å²) in [6, 6.07) is 5.30. The second kappa shape index (κ2) is 14.1. The van der Waals surface area contributed by atoms with E-state index in [0.29, 0.717) is 62.1 Å². The lowest BCUT2D eigenvalue weighted by atomic mass is 9.85. The Balaban J connectivity index is 1.24. The molecule has 2 aromatic rings. The highest BCUT2D eigenvalue weighted by atomic mass is 32.2. The number of pyridine rings is 1. The summed E-state index contributed by atoms with van der Waals surface area (Å²) in [5, 5.41) is 16.8. The molecule has 2 saturated carbocycles. The number of fused-ring (bicyclic) bond motifs is 5. The topological polar surface area (TPSA) is 193 Å². The number of carbonyl (C=O) groups is 4. The van der Waals surface area contributed by atoms with Crippen LogP contribution in [0.25, 0.3) is 10.8 Å². The monoisotopic (exact) mass is 751 g/mol. The molecule has 0 unspecified atom stereocenters. The lowest BCUT2D eigenvalue weighted by Crippen LogP contribution is -2.59. The Morgan fingerprint density at radius 3 is 2.64 bits per heavy atom. The van der Waals surface area contributed by atoms with Gasteiger partial charge in [0.1, 0.15) is 29.5 Å². The van der Waals surface area contributed by atoms with Crippen LogP contribution in [0.3, 0.4) is 0 Å². The Labute approximate surface area is 309 Å². The number of hydrogen-bond acceptors (Lipinski definition) is 9. The molecule has 0 spiro atoms. The quantitative estimate of drug-likeness (QED) is 0.303. The molecule has 15 heteroatoms. The number of aryl methyl sites for hydroxylation is 1. The van der Waals surface area contributed by atoms with Crippen LogP contribution in [0.1, 0.15) is 84.3 Å². The number of carboxylic acid groups (broad SMARTS) is 1. The fourth-order valence-electron chi connectivity index (χ4n) is 8.20. The number of ether oxygens (including phenoxy) is 2. The fourth-order valence-corrected chi connectivity index (χ4v) is 9.51. The average molecular weight is 752 g/mol. The highest BCUT2D eigenvalue weighted by Gasteiger charge is 2.63. The van der Waals surface area contributed by atoms with Crippen molar-refractivity contribution in [2.75, 3.05) is 13.2 Å². The molecular formula is C38H49N5O9S. The smallest absolute Gasteiger partial charge is 0.405 e. The molecule has 3 fully saturated rings. The van der Waals surface area contributed by atoms with Crippen molar-refractivity contribution in [3.8, 4) is 11.6 Å². The second-order valence-corrected chi connectivity index (χ2v) is 18.0. The summed E-state index contributed by atoms with van der Waals surface area (Å²) < 4.78 is 40.1. The maximum atomic E-state index is 14.6. The molecule has 0 bridgehead atoms. The van der Waals surface area contributed by atoms with E-state index < -0.39 is 68.2 Å². The summed E-state index contributed by atoms with van der Waals surface area (Å²) in [6.45, 7) is 6.10. The summed E-state index contributed by atoms with van der Waals surface area (Å²) in [6.07, 6.45) is 6.84. The third kappa shape index (κ3) is 7.16. The van der Waals surface area contributed by atoms with Crippen molar-refractivity contribution in [1.82, 2.24) is 25.2 Å². The Kier molecular flexibility index (Phi) is 9.83. The number of sulfonamides is 1. The minimum atomic E-state index is -4.00. The number of amides is 4. The third-order valence-corrected chi connectivity index (χ3v) is 14.0. The summed E-state index contributed by atoms with van der Waals surface area (Å²) >= 11 is 0. The molecule has 4 amide bonds. The number of rotatable bonds is 7. The Morgan fingerprint density at radius 1 is 1.17 bits per heavy atom. The van der Waals surface area contributed by atoms with Crippen molar-refractivity contribution in [1.29, 1.82) is 0 Å². The van der Waals surface area contributed by atoms with Crippen molar-refractivity contribution >= 4 is 44.6 Å². The van der Waals surface area contributed by atoms with Gasteiger partial charge in [0.2, 0.25) is 27.7 Å². The minimum Gasteiger partial charge on any atom is -0.491 e. The van der Waals surface area contributed by atoms with Crippen LogP contribution in [0.2, 0.25) is 0 Å². The van der Waals surface area contributed by atoms with E-state index in [9.17, 15) is 32.7 Å². The van der Waals surface area contributed by atoms with Crippen molar-refractivity contribution in [3.05, 3.63) is 42.1 Å². The van der Waals surface area contributed by atoms with Gasteiger partial charge in [0.25, 0.3) is 5.91 Å². The molecule has 286 valence electrons. The van der Waals surface area contributed by atoms with Gasteiger partial charge in [0, 0.05) is 23.1 Å². The van der Waals surface area contributed by atoms with E-state index in [1.54, 1.807) is 6.92 Å². The first-order valence-corrected chi connectivity index (χ1v) is 20.3. The number of carbonyl (C=O) groups excluding carboxylic acids is 3.